The van der Waals surface area contributed by atoms with E-state index in [1.54, 1.807) is 6.08 Å². The summed E-state index contributed by atoms with van der Waals surface area (Å²) in [7, 11) is 1.50. The molecule has 29 heavy (non-hydrogen) atoms. The largest absolute Gasteiger partial charge is 0.462 e. The number of carbonyl (C=O) groups excluding carboxylic acids is 2. The van der Waals surface area contributed by atoms with Gasteiger partial charge in [0, 0.05) is 30.9 Å². The van der Waals surface area contributed by atoms with Gasteiger partial charge >= 0.3 is 11.9 Å². The van der Waals surface area contributed by atoms with Gasteiger partial charge in [-0.15, -0.1) is 0 Å². The quantitative estimate of drug-likeness (QED) is 0.698. The molecule has 6 heteroatoms. The molecule has 3 aliphatic rings. The molecule has 1 aliphatic heterocycles. The first kappa shape index (κ1) is 22.3. The molecule has 0 aromatic carbocycles. The van der Waals surface area contributed by atoms with Gasteiger partial charge in [-0.3, -0.25) is 4.79 Å². The second-order valence-corrected chi connectivity index (χ2v) is 10.1. The Morgan fingerprint density at radius 2 is 2.00 bits per heavy atom. The van der Waals surface area contributed by atoms with Gasteiger partial charge in [0.05, 0.1) is 5.60 Å². The molecule has 6 atom stereocenters. The Morgan fingerprint density at radius 1 is 1.31 bits per heavy atom. The van der Waals surface area contributed by atoms with Gasteiger partial charge in [-0.25, -0.2) is 4.79 Å². The summed E-state index contributed by atoms with van der Waals surface area (Å²) in [6.07, 6.45) is 5.36. The molecule has 0 bridgehead atoms. The molecule has 0 aromatic heterocycles. The van der Waals surface area contributed by atoms with Gasteiger partial charge < -0.3 is 19.3 Å². The van der Waals surface area contributed by atoms with Crippen molar-refractivity contribution in [3.63, 3.8) is 0 Å². The molecule has 2 aliphatic carbocycles. The number of hydrogen-bond donors (Lipinski definition) is 1. The summed E-state index contributed by atoms with van der Waals surface area (Å²) < 4.78 is 16.1. The van der Waals surface area contributed by atoms with Crippen LogP contribution in [0.25, 0.3) is 0 Å². The average Bonchev–Trinajstić information content (AvgIpc) is 2.97. The van der Waals surface area contributed by atoms with Crippen molar-refractivity contribution < 1.29 is 28.9 Å². The summed E-state index contributed by atoms with van der Waals surface area (Å²) in [5, 5.41) is 12.1. The number of esters is 2. The molecule has 1 N–H and O–H groups in total. The first-order valence-corrected chi connectivity index (χ1v) is 10.8. The van der Waals surface area contributed by atoms with Crippen LogP contribution in [-0.4, -0.2) is 42.1 Å². The lowest BCUT2D eigenvalue weighted by molar-refractivity contribution is -0.249. The Bertz CT molecular complexity index is 697. The molecule has 2 saturated carbocycles. The highest BCUT2D eigenvalue weighted by atomic mass is 16.7. The molecule has 2 fully saturated rings. The number of hydrogen-bond acceptors (Lipinski definition) is 6. The zero-order valence-electron chi connectivity index (χ0n) is 18.6. The average molecular weight is 409 g/mol. The van der Waals surface area contributed by atoms with Crippen LogP contribution < -0.4 is 0 Å². The molecule has 0 radical (unpaired) electrons. The zero-order chi connectivity index (χ0) is 21.6. The summed E-state index contributed by atoms with van der Waals surface area (Å²) >= 11 is 0. The Hall–Kier alpha value is -1.40. The van der Waals surface area contributed by atoms with Gasteiger partial charge in [0.1, 0.15) is 6.10 Å². The van der Waals surface area contributed by atoms with E-state index in [-0.39, 0.29) is 35.3 Å². The molecule has 6 nitrogen and oxygen atoms in total. The van der Waals surface area contributed by atoms with Gasteiger partial charge in [-0.2, -0.15) is 0 Å². The summed E-state index contributed by atoms with van der Waals surface area (Å²) in [5.41, 5.74) is -0.850. The second-order valence-electron chi connectivity index (χ2n) is 10.1. The van der Waals surface area contributed by atoms with E-state index >= 15 is 0 Å². The number of methoxy groups -OCH3 is 1. The van der Waals surface area contributed by atoms with Crippen LogP contribution in [0.15, 0.2) is 11.6 Å². The van der Waals surface area contributed by atoms with E-state index in [0.29, 0.717) is 24.8 Å². The highest BCUT2D eigenvalue weighted by Gasteiger charge is 2.65. The summed E-state index contributed by atoms with van der Waals surface area (Å²) in [6, 6.07) is 0. The zero-order valence-corrected chi connectivity index (χ0v) is 18.6. The number of carbonyl (C=O) groups is 2. The maximum atomic E-state index is 12.1. The maximum Gasteiger partial charge on any atom is 0.336 e. The molecule has 0 spiro atoms. The Labute approximate surface area is 174 Å². The van der Waals surface area contributed by atoms with Crippen LogP contribution in [0, 0.1) is 22.7 Å². The third kappa shape index (κ3) is 3.74. The third-order valence-corrected chi connectivity index (χ3v) is 7.96. The van der Waals surface area contributed by atoms with E-state index in [2.05, 4.69) is 20.8 Å². The minimum atomic E-state index is -0.960. The number of fused-ring (bicyclic) bond motifs is 1. The lowest BCUT2D eigenvalue weighted by Gasteiger charge is -2.64. The van der Waals surface area contributed by atoms with Crippen LogP contribution in [0.5, 0.6) is 0 Å². The van der Waals surface area contributed by atoms with Crippen LogP contribution >= 0.6 is 0 Å². The summed E-state index contributed by atoms with van der Waals surface area (Å²) in [6.45, 7) is 10.1. The number of ether oxygens (including phenoxy) is 3. The summed E-state index contributed by atoms with van der Waals surface area (Å²) in [5.74, 6) is -0.628. The highest BCUT2D eigenvalue weighted by Crippen LogP contribution is 2.64. The first-order chi connectivity index (χ1) is 13.4. The minimum Gasteiger partial charge on any atom is -0.462 e. The Balaban J connectivity index is 1.91. The molecule has 1 unspecified atom stereocenters. The molecule has 3 rings (SSSR count). The Morgan fingerprint density at radius 3 is 2.59 bits per heavy atom. The lowest BCUT2D eigenvalue weighted by Crippen LogP contribution is -2.66. The van der Waals surface area contributed by atoms with Crippen molar-refractivity contribution in [2.45, 2.75) is 91.1 Å². The van der Waals surface area contributed by atoms with Gasteiger partial charge in [0.25, 0.3) is 0 Å². The normalized spacial score (nSPS) is 41.3. The molecule has 0 amide bonds. The predicted molar refractivity (Wildman–Crippen MR) is 108 cm³/mol. The third-order valence-electron chi connectivity index (χ3n) is 7.96. The molecule has 1 heterocycles. The monoisotopic (exact) mass is 408 g/mol. The number of rotatable bonds is 5. The maximum absolute atomic E-state index is 12.1. The van der Waals surface area contributed by atoms with Crippen molar-refractivity contribution in [2.24, 2.45) is 22.7 Å². The predicted octanol–water partition coefficient (Wildman–Crippen LogP) is 3.76. The Kier molecular flexibility index (Phi) is 5.91. The van der Waals surface area contributed by atoms with Crippen molar-refractivity contribution in [3.05, 3.63) is 11.6 Å². The molecular weight excluding hydrogens is 372 g/mol. The number of cyclic esters (lactones) is 1. The van der Waals surface area contributed by atoms with Crippen LogP contribution in [0.2, 0.25) is 0 Å². The van der Waals surface area contributed by atoms with E-state index < -0.39 is 17.3 Å². The van der Waals surface area contributed by atoms with E-state index in [4.69, 9.17) is 14.2 Å². The van der Waals surface area contributed by atoms with E-state index in [1.165, 1.54) is 14.0 Å². The van der Waals surface area contributed by atoms with E-state index in [0.717, 1.165) is 19.3 Å². The van der Waals surface area contributed by atoms with Crippen molar-refractivity contribution in [2.75, 3.05) is 7.11 Å². The fourth-order valence-corrected chi connectivity index (χ4v) is 6.66. The van der Waals surface area contributed by atoms with Gasteiger partial charge in [0.15, 0.2) is 0 Å². The van der Waals surface area contributed by atoms with Crippen LogP contribution in [-0.2, 0) is 23.8 Å². The minimum absolute atomic E-state index is 0.0477. The van der Waals surface area contributed by atoms with Gasteiger partial charge in [-0.1, -0.05) is 34.1 Å². The second kappa shape index (κ2) is 7.69. The number of aliphatic hydroxyl groups is 1. The smallest absolute Gasteiger partial charge is 0.336 e. The van der Waals surface area contributed by atoms with Crippen LogP contribution in [0.4, 0.5) is 0 Å². The fraction of sp³-hybridized carbons (Fsp3) is 0.826. The summed E-state index contributed by atoms with van der Waals surface area (Å²) in [4.78, 5) is 23.9. The van der Waals surface area contributed by atoms with Crippen LogP contribution in [0.3, 0.4) is 0 Å². The SMILES string of the molecule is COC1C=C(CC[C@@]2(O)[C@H](C)C[C@@H](OC(C)=O)[C@H]3C(C)(C)CCC[C@@]32C)C(=O)O1. The van der Waals surface area contributed by atoms with Crippen molar-refractivity contribution >= 4 is 11.9 Å². The topological polar surface area (TPSA) is 82.1 Å². The van der Waals surface area contributed by atoms with Gasteiger partial charge in [0.2, 0.25) is 6.29 Å². The van der Waals surface area contributed by atoms with E-state index in [1.807, 2.05) is 6.92 Å². The molecule has 0 saturated heterocycles. The van der Waals surface area contributed by atoms with Crippen molar-refractivity contribution in [3.8, 4) is 0 Å². The van der Waals surface area contributed by atoms with Gasteiger partial charge in [-0.05, 0) is 49.5 Å². The molecular formula is C23H36O6. The highest BCUT2D eigenvalue weighted by molar-refractivity contribution is 5.90. The van der Waals surface area contributed by atoms with E-state index in [9.17, 15) is 14.7 Å². The van der Waals surface area contributed by atoms with Crippen molar-refractivity contribution in [1.29, 1.82) is 0 Å². The molecule has 0 aromatic rings. The van der Waals surface area contributed by atoms with Crippen LogP contribution in [0.1, 0.15) is 73.1 Å². The van der Waals surface area contributed by atoms with Crippen molar-refractivity contribution in [1.82, 2.24) is 0 Å². The first-order valence-electron chi connectivity index (χ1n) is 10.8. The fourth-order valence-electron chi connectivity index (χ4n) is 6.66. The standard InChI is InChI=1S/C23H36O6/c1-14-12-17(28-15(2)24)19-21(3,4)9-7-10-22(19,5)23(14,26)11-8-16-13-18(27-6)29-20(16)25/h13-14,17-19,26H,7-12H2,1-6H3/t14-,17-,18?,19+,22+,23-/m1/s1. The molecule has 164 valence electrons. The lowest BCUT2D eigenvalue weighted by atomic mass is 9.43.